The van der Waals surface area contributed by atoms with Crippen molar-refractivity contribution < 1.29 is 19.1 Å². The van der Waals surface area contributed by atoms with E-state index < -0.39 is 11.8 Å². The van der Waals surface area contributed by atoms with Crippen molar-refractivity contribution in [3.63, 3.8) is 0 Å². The van der Waals surface area contributed by atoms with Crippen LogP contribution in [-0.2, 0) is 9.59 Å². The van der Waals surface area contributed by atoms with Crippen LogP contribution in [0.3, 0.4) is 0 Å². The number of hydrogen-bond donors (Lipinski definition) is 1. The molecule has 0 radical (unpaired) electrons. The van der Waals surface area contributed by atoms with Crippen molar-refractivity contribution >= 4 is 64.1 Å². The summed E-state index contributed by atoms with van der Waals surface area (Å²) in [5, 5.41) is 2.98. The molecular formula is C21H16Cl2N2O4S. The zero-order chi connectivity index (χ0) is 21.8. The number of amides is 2. The van der Waals surface area contributed by atoms with E-state index in [0.717, 1.165) is 0 Å². The van der Waals surface area contributed by atoms with E-state index in [1.165, 1.54) is 18.1 Å². The fourth-order valence-corrected chi connectivity index (χ4v) is 3.63. The predicted octanol–water partition coefficient (Wildman–Crippen LogP) is 4.40. The second-order valence-corrected chi connectivity index (χ2v) is 7.27. The second kappa shape index (κ2) is 9.30. The molecule has 30 heavy (non-hydrogen) atoms. The number of thiocarbonyl (C=S) groups is 1. The highest BCUT2D eigenvalue weighted by molar-refractivity contribution is 7.80. The Hall–Kier alpha value is -2.87. The van der Waals surface area contributed by atoms with Crippen molar-refractivity contribution in [1.82, 2.24) is 5.32 Å². The highest BCUT2D eigenvalue weighted by atomic mass is 35.5. The Kier molecular flexibility index (Phi) is 6.77. The van der Waals surface area contributed by atoms with Gasteiger partial charge in [-0.15, -0.1) is 0 Å². The van der Waals surface area contributed by atoms with Crippen LogP contribution < -0.4 is 19.7 Å². The van der Waals surface area contributed by atoms with Gasteiger partial charge in [0.1, 0.15) is 17.9 Å². The first kappa shape index (κ1) is 21.8. The minimum absolute atomic E-state index is 0.0171. The zero-order valence-corrected chi connectivity index (χ0v) is 18.1. The summed E-state index contributed by atoms with van der Waals surface area (Å²) in [6.45, 7) is 3.80. The number of benzene rings is 2. The molecule has 0 atom stereocenters. The average molecular weight is 463 g/mol. The maximum Gasteiger partial charge on any atom is 0.270 e. The van der Waals surface area contributed by atoms with Crippen molar-refractivity contribution in [2.75, 3.05) is 18.6 Å². The van der Waals surface area contributed by atoms with E-state index in [-0.39, 0.29) is 27.3 Å². The van der Waals surface area contributed by atoms with Crippen LogP contribution >= 0.6 is 35.4 Å². The lowest BCUT2D eigenvalue weighted by molar-refractivity contribution is -0.122. The number of carbonyl (C=O) groups excluding carboxylic acids is 2. The number of nitrogens with zero attached hydrogens (tertiary/aromatic N) is 1. The second-order valence-electron chi connectivity index (χ2n) is 6.07. The number of hydrogen-bond acceptors (Lipinski definition) is 5. The summed E-state index contributed by atoms with van der Waals surface area (Å²) in [5.41, 5.74) is 0.823. The van der Waals surface area contributed by atoms with Crippen molar-refractivity contribution in [3.05, 3.63) is 70.2 Å². The lowest BCUT2D eigenvalue weighted by Crippen LogP contribution is -2.54. The van der Waals surface area contributed by atoms with Crippen molar-refractivity contribution in [2.45, 2.75) is 0 Å². The first-order chi connectivity index (χ1) is 14.3. The quantitative estimate of drug-likeness (QED) is 0.298. The van der Waals surface area contributed by atoms with Crippen molar-refractivity contribution in [1.29, 1.82) is 0 Å². The topological polar surface area (TPSA) is 67.9 Å². The van der Waals surface area contributed by atoms with Gasteiger partial charge in [-0.1, -0.05) is 35.9 Å². The molecule has 0 unspecified atom stereocenters. The molecule has 1 fully saturated rings. The van der Waals surface area contributed by atoms with Gasteiger partial charge in [-0.05, 0) is 60.3 Å². The number of carbonyl (C=O) groups is 2. The molecule has 0 aliphatic carbocycles. The summed E-state index contributed by atoms with van der Waals surface area (Å²) in [7, 11) is 1.54. The van der Waals surface area contributed by atoms with Crippen molar-refractivity contribution in [3.8, 4) is 11.5 Å². The van der Waals surface area contributed by atoms with E-state index >= 15 is 0 Å². The van der Waals surface area contributed by atoms with Crippen molar-refractivity contribution in [2.24, 2.45) is 0 Å². The van der Waals surface area contributed by atoms with Crippen LogP contribution in [0.1, 0.15) is 5.56 Å². The van der Waals surface area contributed by atoms with E-state index in [4.69, 9.17) is 44.9 Å². The Bertz CT molecular complexity index is 1040. The number of anilines is 1. The van der Waals surface area contributed by atoms with Gasteiger partial charge in [0, 0.05) is 0 Å². The van der Waals surface area contributed by atoms with Gasteiger partial charge in [-0.25, -0.2) is 0 Å². The third kappa shape index (κ3) is 4.48. The van der Waals surface area contributed by atoms with Gasteiger partial charge in [0.15, 0.2) is 10.9 Å². The molecule has 2 aromatic rings. The Labute approximate surface area is 188 Å². The Morgan fingerprint density at radius 1 is 1.17 bits per heavy atom. The highest BCUT2D eigenvalue weighted by Gasteiger charge is 2.34. The summed E-state index contributed by atoms with van der Waals surface area (Å²) in [6.07, 6.45) is 2.95. The maximum absolute atomic E-state index is 13.1. The molecule has 154 valence electrons. The summed E-state index contributed by atoms with van der Waals surface area (Å²) in [6, 6.07) is 9.79. The summed E-state index contributed by atoms with van der Waals surface area (Å²) >= 11 is 17.7. The fraction of sp³-hybridized carbons (Fsp3) is 0.0952. The van der Waals surface area contributed by atoms with Gasteiger partial charge in [0.2, 0.25) is 0 Å². The smallest absolute Gasteiger partial charge is 0.270 e. The molecular weight excluding hydrogens is 447 g/mol. The van der Waals surface area contributed by atoms with E-state index in [1.807, 2.05) is 0 Å². The van der Waals surface area contributed by atoms with E-state index in [0.29, 0.717) is 22.7 Å². The monoisotopic (exact) mass is 462 g/mol. The third-order valence-corrected chi connectivity index (χ3v) is 4.96. The number of halogens is 2. The minimum atomic E-state index is -0.617. The molecule has 6 nitrogen and oxygen atoms in total. The molecule has 1 heterocycles. The van der Waals surface area contributed by atoms with E-state index in [1.54, 1.807) is 42.5 Å². The number of rotatable bonds is 6. The number of ether oxygens (including phenoxy) is 2. The largest absolute Gasteiger partial charge is 0.497 e. The van der Waals surface area contributed by atoms with Crippen LogP contribution in [-0.4, -0.2) is 30.6 Å². The Morgan fingerprint density at radius 3 is 2.37 bits per heavy atom. The van der Waals surface area contributed by atoms with Gasteiger partial charge in [0.05, 0.1) is 22.8 Å². The SMILES string of the molecule is C=CCOc1c(Cl)cc(C=C2C(=O)NC(=S)N(c3ccc(OC)cc3)C2=O)cc1Cl. The molecule has 1 aliphatic rings. The van der Waals surface area contributed by atoms with Gasteiger partial charge < -0.3 is 9.47 Å². The molecule has 1 N–H and O–H groups in total. The standard InChI is InChI=1S/C21H16Cl2N2O4S/c1-3-8-29-18-16(22)10-12(11-17(18)23)9-15-19(26)24-21(30)25(20(15)27)13-4-6-14(28-2)7-5-13/h3-7,9-11H,1,8H2,2H3,(H,24,26,30). The van der Waals surface area contributed by atoms with Crippen LogP contribution in [0.15, 0.2) is 54.6 Å². The highest BCUT2D eigenvalue weighted by Crippen LogP contribution is 2.35. The average Bonchev–Trinajstić information content (AvgIpc) is 2.71. The molecule has 0 spiro atoms. The number of methoxy groups -OCH3 is 1. The summed E-state index contributed by atoms with van der Waals surface area (Å²) in [4.78, 5) is 26.7. The number of nitrogens with one attached hydrogen (secondary N) is 1. The first-order valence-corrected chi connectivity index (χ1v) is 9.80. The van der Waals surface area contributed by atoms with Crippen LogP contribution in [0.2, 0.25) is 10.0 Å². The molecule has 3 rings (SSSR count). The molecule has 2 amide bonds. The first-order valence-electron chi connectivity index (χ1n) is 8.64. The molecule has 0 aromatic heterocycles. The van der Waals surface area contributed by atoms with Crippen LogP contribution in [0.4, 0.5) is 5.69 Å². The van der Waals surface area contributed by atoms with Gasteiger partial charge in [0.25, 0.3) is 11.8 Å². The molecule has 0 bridgehead atoms. The van der Waals surface area contributed by atoms with Crippen LogP contribution in [0, 0.1) is 0 Å². The van der Waals surface area contributed by atoms with Gasteiger partial charge >= 0.3 is 0 Å². The molecule has 1 saturated heterocycles. The minimum Gasteiger partial charge on any atom is -0.497 e. The normalized spacial score (nSPS) is 15.2. The van der Waals surface area contributed by atoms with E-state index in [9.17, 15) is 9.59 Å². The fourth-order valence-electron chi connectivity index (χ4n) is 2.73. The van der Waals surface area contributed by atoms with Gasteiger partial charge in [-0.3, -0.25) is 19.8 Å². The maximum atomic E-state index is 13.1. The van der Waals surface area contributed by atoms with E-state index in [2.05, 4.69) is 11.9 Å². The Morgan fingerprint density at radius 2 is 1.80 bits per heavy atom. The lowest BCUT2D eigenvalue weighted by atomic mass is 10.1. The summed E-state index contributed by atoms with van der Waals surface area (Å²) in [5.74, 6) is -0.278. The third-order valence-electron chi connectivity index (χ3n) is 4.11. The molecule has 9 heteroatoms. The van der Waals surface area contributed by atoms with Gasteiger partial charge in [-0.2, -0.15) is 0 Å². The molecule has 1 aliphatic heterocycles. The zero-order valence-electron chi connectivity index (χ0n) is 15.8. The predicted molar refractivity (Wildman–Crippen MR) is 121 cm³/mol. The summed E-state index contributed by atoms with van der Waals surface area (Å²) < 4.78 is 10.6. The van der Waals surface area contributed by atoms with Crippen LogP contribution in [0.5, 0.6) is 11.5 Å². The lowest BCUT2D eigenvalue weighted by Gasteiger charge is -2.29. The molecule has 2 aromatic carbocycles. The Balaban J connectivity index is 1.97. The van der Waals surface area contributed by atoms with Crippen LogP contribution in [0.25, 0.3) is 6.08 Å². The molecule has 0 saturated carbocycles.